The minimum Gasteiger partial charge on any atom is -0.351 e. The molecule has 34 heavy (non-hydrogen) atoms. The molecule has 3 aromatic heterocycles. The molecule has 12 heteroatoms. The zero-order chi connectivity index (χ0) is 24.5. The number of carbonyl (C=O) groups excluding carboxylic acids is 1. The summed E-state index contributed by atoms with van der Waals surface area (Å²) in [5.74, 6) is -2.23. The summed E-state index contributed by atoms with van der Waals surface area (Å²) in [7, 11) is 0. The fraction of sp³-hybridized carbons (Fsp3) is 0.227. The first-order chi connectivity index (χ1) is 16.0. The van der Waals surface area contributed by atoms with E-state index in [0.717, 1.165) is 16.3 Å². The Morgan fingerprint density at radius 1 is 1.12 bits per heavy atom. The Labute approximate surface area is 201 Å². The topological polar surface area (TPSA) is 93.8 Å². The molecule has 0 saturated carbocycles. The average molecular weight is 508 g/mol. The number of nitrogens with zero attached hydrogens (tertiary/aromatic N) is 4. The van der Waals surface area contributed by atoms with Crippen LogP contribution in [0.15, 0.2) is 52.6 Å². The SMILES string of the molecule is CC(C)(CNC(=O)c1cncc(-c2noc(C(F)(F)F)n2)c1)c1nc(-c2ccc(Cl)cc2)cs1. The standard InChI is InChI=1S/C22H17ClF3N5O2S/c1-21(2,20-29-16(10-34-20)12-3-5-15(23)6-4-12)11-28-18(32)14-7-13(8-27-9-14)17-30-19(33-31-17)22(24,25)26/h3-10H,11H2,1-2H3,(H,28,32). The van der Waals surface area contributed by atoms with Gasteiger partial charge in [0.05, 0.1) is 11.3 Å². The predicted octanol–water partition coefficient (Wildman–Crippen LogP) is 5.63. The van der Waals surface area contributed by atoms with Gasteiger partial charge < -0.3 is 9.84 Å². The van der Waals surface area contributed by atoms with Gasteiger partial charge in [-0.15, -0.1) is 11.3 Å². The maximum Gasteiger partial charge on any atom is 0.471 e. The summed E-state index contributed by atoms with van der Waals surface area (Å²) in [6.45, 7) is 4.17. The van der Waals surface area contributed by atoms with Crippen LogP contribution in [0.2, 0.25) is 5.02 Å². The first-order valence-electron chi connectivity index (χ1n) is 9.89. The number of nitrogens with one attached hydrogen (secondary N) is 1. The third kappa shape index (κ3) is 5.26. The second-order valence-electron chi connectivity index (χ2n) is 7.99. The molecule has 176 valence electrons. The second-order valence-corrected chi connectivity index (χ2v) is 9.29. The molecule has 1 N–H and O–H groups in total. The van der Waals surface area contributed by atoms with Crippen molar-refractivity contribution >= 4 is 28.8 Å². The molecule has 0 aliphatic carbocycles. The number of pyridine rings is 1. The normalized spacial score (nSPS) is 12.1. The summed E-state index contributed by atoms with van der Waals surface area (Å²) < 4.78 is 42.4. The molecule has 4 aromatic rings. The van der Waals surface area contributed by atoms with Gasteiger partial charge in [0.1, 0.15) is 5.01 Å². The highest BCUT2D eigenvalue weighted by atomic mass is 35.5. The number of alkyl halides is 3. The Kier molecular flexibility index (Phi) is 6.41. The van der Waals surface area contributed by atoms with Crippen LogP contribution in [0, 0.1) is 0 Å². The van der Waals surface area contributed by atoms with Crippen LogP contribution < -0.4 is 5.32 Å². The number of hydrogen-bond acceptors (Lipinski definition) is 7. The molecule has 4 rings (SSSR count). The molecule has 0 radical (unpaired) electrons. The van der Waals surface area contributed by atoms with E-state index in [1.54, 1.807) is 12.1 Å². The Balaban J connectivity index is 1.45. The van der Waals surface area contributed by atoms with Crippen LogP contribution in [-0.2, 0) is 11.6 Å². The lowest BCUT2D eigenvalue weighted by atomic mass is 9.94. The Bertz CT molecular complexity index is 1320. The largest absolute Gasteiger partial charge is 0.471 e. The lowest BCUT2D eigenvalue weighted by molar-refractivity contribution is -0.159. The quantitative estimate of drug-likeness (QED) is 0.363. The lowest BCUT2D eigenvalue weighted by Crippen LogP contribution is -2.36. The van der Waals surface area contributed by atoms with E-state index in [9.17, 15) is 18.0 Å². The Morgan fingerprint density at radius 2 is 1.85 bits per heavy atom. The average Bonchev–Trinajstić information content (AvgIpc) is 3.49. The number of aromatic nitrogens is 4. The molecule has 0 bridgehead atoms. The van der Waals surface area contributed by atoms with Crippen LogP contribution >= 0.6 is 22.9 Å². The molecular formula is C22H17ClF3N5O2S. The van der Waals surface area contributed by atoms with Crippen molar-refractivity contribution in [2.24, 2.45) is 0 Å². The van der Waals surface area contributed by atoms with Crippen molar-refractivity contribution in [2.45, 2.75) is 25.4 Å². The number of rotatable bonds is 6. The van der Waals surface area contributed by atoms with Crippen LogP contribution in [0.3, 0.4) is 0 Å². The van der Waals surface area contributed by atoms with E-state index in [1.165, 1.54) is 29.8 Å². The summed E-state index contributed by atoms with van der Waals surface area (Å²) in [6.07, 6.45) is -2.21. The van der Waals surface area contributed by atoms with E-state index in [4.69, 9.17) is 16.6 Å². The minimum atomic E-state index is -4.76. The van der Waals surface area contributed by atoms with E-state index in [2.05, 4.69) is 25.0 Å². The number of hydrogen-bond donors (Lipinski definition) is 1. The zero-order valence-corrected chi connectivity index (χ0v) is 19.4. The maximum atomic E-state index is 12.7. The van der Waals surface area contributed by atoms with Gasteiger partial charge in [0.2, 0.25) is 5.82 Å². The third-order valence-electron chi connectivity index (χ3n) is 4.84. The first-order valence-corrected chi connectivity index (χ1v) is 11.2. The van der Waals surface area contributed by atoms with E-state index in [1.807, 2.05) is 31.4 Å². The van der Waals surface area contributed by atoms with Crippen molar-refractivity contribution in [1.82, 2.24) is 25.4 Å². The van der Waals surface area contributed by atoms with Gasteiger partial charge in [0.25, 0.3) is 5.91 Å². The van der Waals surface area contributed by atoms with E-state index < -0.39 is 23.4 Å². The van der Waals surface area contributed by atoms with Crippen molar-refractivity contribution < 1.29 is 22.5 Å². The third-order valence-corrected chi connectivity index (χ3v) is 6.30. The molecule has 0 aliphatic rings. The minimum absolute atomic E-state index is 0.124. The van der Waals surface area contributed by atoms with Gasteiger partial charge in [-0.3, -0.25) is 9.78 Å². The lowest BCUT2D eigenvalue weighted by Gasteiger charge is -2.22. The van der Waals surface area contributed by atoms with E-state index in [-0.39, 0.29) is 23.5 Å². The molecule has 0 spiro atoms. The van der Waals surface area contributed by atoms with Crippen LogP contribution in [0.4, 0.5) is 13.2 Å². The van der Waals surface area contributed by atoms with Gasteiger partial charge in [-0.25, -0.2) is 4.98 Å². The first kappa shape index (κ1) is 23.8. The number of carbonyl (C=O) groups is 1. The van der Waals surface area contributed by atoms with Crippen molar-refractivity contribution in [2.75, 3.05) is 6.54 Å². The second kappa shape index (κ2) is 9.15. The molecular weight excluding hydrogens is 491 g/mol. The fourth-order valence-electron chi connectivity index (χ4n) is 2.96. The van der Waals surface area contributed by atoms with Gasteiger partial charge in [-0.05, 0) is 18.2 Å². The highest BCUT2D eigenvalue weighted by Crippen LogP contribution is 2.31. The monoisotopic (exact) mass is 507 g/mol. The number of halogens is 4. The summed E-state index contributed by atoms with van der Waals surface area (Å²) in [5, 5.41) is 9.56. The van der Waals surface area contributed by atoms with Crippen LogP contribution in [0.25, 0.3) is 22.6 Å². The highest BCUT2D eigenvalue weighted by Gasteiger charge is 2.38. The molecule has 7 nitrogen and oxygen atoms in total. The number of thiazole rings is 1. The number of amides is 1. The summed E-state index contributed by atoms with van der Waals surface area (Å²) in [6, 6.07) is 8.71. The molecule has 0 aliphatic heterocycles. The van der Waals surface area contributed by atoms with E-state index >= 15 is 0 Å². The molecule has 1 amide bonds. The van der Waals surface area contributed by atoms with Crippen LogP contribution in [0.5, 0.6) is 0 Å². The smallest absolute Gasteiger partial charge is 0.351 e. The zero-order valence-electron chi connectivity index (χ0n) is 17.9. The predicted molar refractivity (Wildman–Crippen MR) is 120 cm³/mol. The molecule has 3 heterocycles. The maximum absolute atomic E-state index is 12.7. The van der Waals surface area contributed by atoms with Crippen molar-refractivity contribution in [3.05, 3.63) is 69.6 Å². The molecule has 1 aromatic carbocycles. The molecule has 0 atom stereocenters. The van der Waals surface area contributed by atoms with Crippen LogP contribution in [-0.4, -0.2) is 32.6 Å². The molecule has 0 unspecified atom stereocenters. The summed E-state index contributed by atoms with van der Waals surface area (Å²) >= 11 is 7.42. The molecule has 0 saturated heterocycles. The van der Waals surface area contributed by atoms with Gasteiger partial charge >= 0.3 is 12.1 Å². The van der Waals surface area contributed by atoms with Crippen molar-refractivity contribution in [1.29, 1.82) is 0 Å². The van der Waals surface area contributed by atoms with Crippen molar-refractivity contribution in [3.63, 3.8) is 0 Å². The number of benzene rings is 1. The Hall–Kier alpha value is -3.31. The Morgan fingerprint density at radius 3 is 2.53 bits per heavy atom. The summed E-state index contributed by atoms with van der Waals surface area (Å²) in [5.41, 5.74) is 1.54. The molecule has 0 fully saturated rings. The van der Waals surface area contributed by atoms with Crippen molar-refractivity contribution in [3.8, 4) is 22.6 Å². The highest BCUT2D eigenvalue weighted by molar-refractivity contribution is 7.10. The van der Waals surface area contributed by atoms with Gasteiger partial charge in [0, 0.05) is 45.9 Å². The summed E-state index contributed by atoms with van der Waals surface area (Å²) in [4.78, 5) is 24.6. The van der Waals surface area contributed by atoms with Gasteiger partial charge in [0.15, 0.2) is 0 Å². The van der Waals surface area contributed by atoms with Gasteiger partial charge in [-0.1, -0.05) is 42.7 Å². The fourth-order valence-corrected chi connectivity index (χ4v) is 4.04. The van der Waals surface area contributed by atoms with Gasteiger partial charge in [-0.2, -0.15) is 18.2 Å². The van der Waals surface area contributed by atoms with E-state index in [0.29, 0.717) is 5.02 Å². The van der Waals surface area contributed by atoms with Crippen LogP contribution in [0.1, 0.15) is 35.1 Å².